The van der Waals surface area contributed by atoms with Crippen molar-refractivity contribution in [2.24, 2.45) is 0 Å². The van der Waals surface area contributed by atoms with Crippen molar-refractivity contribution in [1.82, 2.24) is 5.32 Å². The van der Waals surface area contributed by atoms with E-state index >= 15 is 0 Å². The van der Waals surface area contributed by atoms with Gasteiger partial charge in [0.05, 0.1) is 10.6 Å². The van der Waals surface area contributed by atoms with Gasteiger partial charge in [-0.15, -0.1) is 0 Å². The summed E-state index contributed by atoms with van der Waals surface area (Å²) in [5.41, 5.74) is 0.571. The molecule has 2 rings (SSSR count). The van der Waals surface area contributed by atoms with Crippen LogP contribution in [0.1, 0.15) is 38.3 Å². The topological polar surface area (TPSA) is 46.2 Å². The predicted octanol–water partition coefficient (Wildman–Crippen LogP) is 2.43. The summed E-state index contributed by atoms with van der Waals surface area (Å²) in [6.45, 7) is 4.00. The molecule has 5 heteroatoms. The highest BCUT2D eigenvalue weighted by molar-refractivity contribution is 7.91. The van der Waals surface area contributed by atoms with Crippen LogP contribution in [0, 0.1) is 5.82 Å². The summed E-state index contributed by atoms with van der Waals surface area (Å²) in [4.78, 5) is 0.277. The molecule has 0 radical (unpaired) electrons. The van der Waals surface area contributed by atoms with Crippen molar-refractivity contribution in [2.45, 2.75) is 43.7 Å². The molecule has 0 saturated carbocycles. The molecule has 0 saturated heterocycles. The number of sulfone groups is 1. The van der Waals surface area contributed by atoms with E-state index in [4.69, 9.17) is 0 Å². The Hall–Kier alpha value is -0.940. The monoisotopic (exact) mass is 271 g/mol. The van der Waals surface area contributed by atoms with Crippen LogP contribution in [0.4, 0.5) is 4.39 Å². The first kappa shape index (κ1) is 13.5. The molecule has 1 aromatic carbocycles. The lowest BCUT2D eigenvalue weighted by molar-refractivity contribution is 0.445. The molecular formula is C13H18FNO2S. The van der Waals surface area contributed by atoms with Crippen LogP contribution < -0.4 is 5.32 Å². The quantitative estimate of drug-likeness (QED) is 0.840. The number of benzene rings is 1. The number of halogens is 1. The van der Waals surface area contributed by atoms with Crippen molar-refractivity contribution >= 4 is 9.84 Å². The Labute approximate surface area is 107 Å². The van der Waals surface area contributed by atoms with Crippen LogP contribution >= 0.6 is 0 Å². The third kappa shape index (κ3) is 2.72. The summed E-state index contributed by atoms with van der Waals surface area (Å²) in [7, 11) is -3.27. The third-order valence-corrected chi connectivity index (χ3v) is 4.99. The lowest BCUT2D eigenvalue weighted by Crippen LogP contribution is -2.28. The Kier molecular flexibility index (Phi) is 3.73. The molecule has 18 heavy (non-hydrogen) atoms. The van der Waals surface area contributed by atoms with Gasteiger partial charge in [0.2, 0.25) is 0 Å². The Morgan fingerprint density at radius 2 is 2.11 bits per heavy atom. The number of hydrogen-bond acceptors (Lipinski definition) is 3. The van der Waals surface area contributed by atoms with E-state index in [1.54, 1.807) is 0 Å². The molecule has 1 aromatic rings. The van der Waals surface area contributed by atoms with Gasteiger partial charge in [0.25, 0.3) is 0 Å². The van der Waals surface area contributed by atoms with Crippen LogP contribution in [-0.4, -0.2) is 20.2 Å². The maximum Gasteiger partial charge on any atom is 0.178 e. The molecule has 0 spiro atoms. The molecule has 1 heterocycles. The maximum atomic E-state index is 13.4. The van der Waals surface area contributed by atoms with E-state index in [1.165, 1.54) is 18.2 Å². The van der Waals surface area contributed by atoms with Crippen molar-refractivity contribution in [3.63, 3.8) is 0 Å². The van der Waals surface area contributed by atoms with Crippen LogP contribution in [0.25, 0.3) is 0 Å². The second-order valence-corrected chi connectivity index (χ2v) is 7.09. The molecule has 0 amide bonds. The van der Waals surface area contributed by atoms with E-state index in [0.29, 0.717) is 18.4 Å². The minimum absolute atomic E-state index is 0.0898. The fourth-order valence-corrected chi connectivity index (χ4v) is 4.00. The minimum Gasteiger partial charge on any atom is -0.308 e. The normalized spacial score (nSPS) is 22.6. The molecule has 1 unspecified atom stereocenters. The predicted molar refractivity (Wildman–Crippen MR) is 68.7 cm³/mol. The maximum absolute atomic E-state index is 13.4. The van der Waals surface area contributed by atoms with E-state index in [2.05, 4.69) is 5.32 Å². The van der Waals surface area contributed by atoms with E-state index in [9.17, 15) is 12.8 Å². The zero-order valence-electron chi connectivity index (χ0n) is 10.6. The lowest BCUT2D eigenvalue weighted by Gasteiger charge is -2.21. The van der Waals surface area contributed by atoms with Crippen molar-refractivity contribution in [3.8, 4) is 0 Å². The molecule has 3 nitrogen and oxygen atoms in total. The summed E-state index contributed by atoms with van der Waals surface area (Å²) in [5.74, 6) is -0.247. The first-order chi connectivity index (χ1) is 8.40. The van der Waals surface area contributed by atoms with E-state index in [1.807, 2.05) is 13.8 Å². The highest BCUT2D eigenvalue weighted by atomic mass is 32.2. The largest absolute Gasteiger partial charge is 0.308 e. The van der Waals surface area contributed by atoms with Crippen LogP contribution in [0.3, 0.4) is 0 Å². The zero-order chi connectivity index (χ0) is 13.3. The van der Waals surface area contributed by atoms with Crippen molar-refractivity contribution < 1.29 is 12.8 Å². The van der Waals surface area contributed by atoms with Crippen LogP contribution in [0.15, 0.2) is 23.1 Å². The van der Waals surface area contributed by atoms with Gasteiger partial charge in [-0.1, -0.05) is 13.8 Å². The Morgan fingerprint density at radius 3 is 2.78 bits per heavy atom. The molecule has 1 N–H and O–H groups in total. The summed E-state index contributed by atoms with van der Waals surface area (Å²) in [6.07, 6.45) is 1.32. The van der Waals surface area contributed by atoms with Gasteiger partial charge in [-0.2, -0.15) is 0 Å². The van der Waals surface area contributed by atoms with E-state index in [0.717, 1.165) is 0 Å². The Morgan fingerprint density at radius 1 is 1.39 bits per heavy atom. The molecule has 100 valence electrons. The fraction of sp³-hybridized carbons (Fsp3) is 0.538. The summed E-state index contributed by atoms with van der Waals surface area (Å²) in [6, 6.07) is 4.09. The summed E-state index contributed by atoms with van der Waals surface area (Å²) in [5, 5.41) is 3.31. The van der Waals surface area contributed by atoms with Gasteiger partial charge in [0.1, 0.15) is 5.82 Å². The molecule has 0 bridgehead atoms. The van der Waals surface area contributed by atoms with Crippen molar-refractivity contribution in [3.05, 3.63) is 29.6 Å². The third-order valence-electron chi connectivity index (χ3n) is 3.12. The second-order valence-electron chi connectivity index (χ2n) is 5.02. The average molecular weight is 271 g/mol. The molecule has 1 aliphatic heterocycles. The molecule has 0 fully saturated rings. The van der Waals surface area contributed by atoms with Crippen molar-refractivity contribution in [2.75, 3.05) is 5.75 Å². The van der Waals surface area contributed by atoms with Gasteiger partial charge >= 0.3 is 0 Å². The first-order valence-corrected chi connectivity index (χ1v) is 7.83. The summed E-state index contributed by atoms with van der Waals surface area (Å²) < 4.78 is 37.5. The highest BCUT2D eigenvalue weighted by Gasteiger charge is 2.28. The van der Waals surface area contributed by atoms with E-state index in [-0.39, 0.29) is 28.5 Å². The Balaban J connectivity index is 2.52. The van der Waals surface area contributed by atoms with Gasteiger partial charge < -0.3 is 5.32 Å². The van der Waals surface area contributed by atoms with Gasteiger partial charge in [0, 0.05) is 12.1 Å². The molecule has 0 aromatic heterocycles. The standard InChI is InChI=1S/C13H18FNO2S/c1-9(2)15-12-4-3-7-18(16,17)13-6-5-10(14)8-11(12)13/h5-6,8-9,12,15H,3-4,7H2,1-2H3. The fourth-order valence-electron chi connectivity index (χ4n) is 2.39. The SMILES string of the molecule is CC(C)NC1CCCS(=O)(=O)c2ccc(F)cc21. The minimum atomic E-state index is -3.27. The van der Waals surface area contributed by atoms with Gasteiger partial charge in [-0.05, 0) is 36.6 Å². The first-order valence-electron chi connectivity index (χ1n) is 6.18. The van der Waals surface area contributed by atoms with Crippen LogP contribution in [0.5, 0.6) is 0 Å². The number of fused-ring (bicyclic) bond motifs is 1. The second kappa shape index (κ2) is 4.97. The molecule has 1 atom stereocenters. The molecule has 0 aliphatic carbocycles. The smallest absolute Gasteiger partial charge is 0.178 e. The number of rotatable bonds is 2. The van der Waals surface area contributed by atoms with Gasteiger partial charge in [-0.3, -0.25) is 0 Å². The molecular weight excluding hydrogens is 253 g/mol. The van der Waals surface area contributed by atoms with Crippen LogP contribution in [0.2, 0.25) is 0 Å². The van der Waals surface area contributed by atoms with Crippen LogP contribution in [-0.2, 0) is 9.84 Å². The van der Waals surface area contributed by atoms with E-state index < -0.39 is 9.84 Å². The zero-order valence-corrected chi connectivity index (χ0v) is 11.4. The van der Waals surface area contributed by atoms with Gasteiger partial charge in [-0.25, -0.2) is 12.8 Å². The number of hydrogen-bond donors (Lipinski definition) is 1. The lowest BCUT2D eigenvalue weighted by atomic mass is 10.0. The highest BCUT2D eigenvalue weighted by Crippen LogP contribution is 2.31. The van der Waals surface area contributed by atoms with Crippen molar-refractivity contribution in [1.29, 1.82) is 0 Å². The number of nitrogens with one attached hydrogen (secondary N) is 1. The Bertz CT molecular complexity index is 540. The molecule has 1 aliphatic rings. The van der Waals surface area contributed by atoms with Gasteiger partial charge in [0.15, 0.2) is 9.84 Å². The summed E-state index contributed by atoms with van der Waals surface area (Å²) >= 11 is 0. The average Bonchev–Trinajstić information content (AvgIpc) is 2.36.